The summed E-state index contributed by atoms with van der Waals surface area (Å²) < 4.78 is 31.3. The number of hydrogen-bond donors (Lipinski definition) is 1. The van der Waals surface area contributed by atoms with Crippen molar-refractivity contribution in [3.63, 3.8) is 0 Å². The summed E-state index contributed by atoms with van der Waals surface area (Å²) in [5.74, 6) is 1.75. The average molecular weight is 413 g/mol. The minimum absolute atomic E-state index is 0.305. The fraction of sp³-hybridized carbons (Fsp3) is 0.158. The molecule has 0 bridgehead atoms. The third-order valence-electron chi connectivity index (χ3n) is 4.20. The zero-order valence-corrected chi connectivity index (χ0v) is 16.5. The molecule has 0 amide bonds. The summed E-state index contributed by atoms with van der Waals surface area (Å²) in [5.41, 5.74) is 5.42. The molecular formula is C19H19N5O4S. The van der Waals surface area contributed by atoms with Crippen LogP contribution in [0.4, 0.5) is 11.5 Å². The zero-order chi connectivity index (χ0) is 20.1. The number of aromatic nitrogens is 2. The smallest absolute Gasteiger partial charge is 0.178 e. The first-order chi connectivity index (χ1) is 14.3. The lowest BCUT2D eigenvalue weighted by Crippen LogP contribution is -2.23. The Kier molecular flexibility index (Phi) is 5.61. The maximum absolute atomic E-state index is 10.7. The Morgan fingerprint density at radius 3 is 3.00 bits per heavy atom. The lowest BCUT2D eigenvalue weighted by atomic mass is 10.2. The van der Waals surface area contributed by atoms with Gasteiger partial charge in [0, 0.05) is 22.9 Å². The maximum atomic E-state index is 10.7. The number of hydrogen-bond acceptors (Lipinski definition) is 9. The van der Waals surface area contributed by atoms with Crippen molar-refractivity contribution in [1.29, 1.82) is 0 Å². The van der Waals surface area contributed by atoms with Gasteiger partial charge in [-0.15, -0.1) is 0 Å². The summed E-state index contributed by atoms with van der Waals surface area (Å²) in [6.07, 6.45) is 4.86. The summed E-state index contributed by atoms with van der Waals surface area (Å²) in [7, 11) is 1.58. The highest BCUT2D eigenvalue weighted by molar-refractivity contribution is 7.54. The van der Waals surface area contributed by atoms with E-state index in [2.05, 4.69) is 19.8 Å². The highest BCUT2D eigenvalue weighted by atomic mass is 32.1. The molecule has 0 aliphatic carbocycles. The van der Waals surface area contributed by atoms with E-state index in [1.54, 1.807) is 30.6 Å². The number of rotatable bonds is 7. The van der Waals surface area contributed by atoms with Crippen molar-refractivity contribution in [2.75, 3.05) is 19.3 Å². The molecule has 1 N–H and O–H groups in total. The van der Waals surface area contributed by atoms with Crippen LogP contribution in [-0.4, -0.2) is 33.0 Å². The van der Waals surface area contributed by atoms with Crippen molar-refractivity contribution in [3.8, 4) is 11.5 Å². The average Bonchev–Trinajstić information content (AvgIpc) is 3.25. The second-order valence-electron chi connectivity index (χ2n) is 6.07. The molecule has 0 saturated heterocycles. The molecule has 10 heteroatoms. The lowest BCUT2D eigenvalue weighted by Gasteiger charge is -2.18. The van der Waals surface area contributed by atoms with Crippen LogP contribution in [0.5, 0.6) is 11.5 Å². The van der Waals surface area contributed by atoms with Gasteiger partial charge >= 0.3 is 0 Å². The van der Waals surface area contributed by atoms with Gasteiger partial charge in [-0.25, -0.2) is 14.3 Å². The van der Waals surface area contributed by atoms with Crippen LogP contribution in [0.3, 0.4) is 0 Å². The van der Waals surface area contributed by atoms with Crippen molar-refractivity contribution < 1.29 is 18.4 Å². The Morgan fingerprint density at radius 2 is 2.21 bits per heavy atom. The number of nitrogens with zero attached hydrogens (tertiary/aromatic N) is 4. The summed E-state index contributed by atoms with van der Waals surface area (Å²) in [6.45, 7) is 0.696. The lowest BCUT2D eigenvalue weighted by molar-refractivity contribution is 0.190. The quantitative estimate of drug-likeness (QED) is 0.631. The third-order valence-corrected chi connectivity index (χ3v) is 4.55. The van der Waals surface area contributed by atoms with E-state index in [-0.39, 0.29) is 0 Å². The summed E-state index contributed by atoms with van der Waals surface area (Å²) >= 11 is -0.728. The Labute approximate surface area is 170 Å². The number of anilines is 1. The van der Waals surface area contributed by atoms with Crippen LogP contribution < -0.4 is 14.9 Å². The molecule has 1 aromatic heterocycles. The molecule has 29 heavy (non-hydrogen) atoms. The molecule has 0 spiro atoms. The fourth-order valence-electron chi connectivity index (χ4n) is 2.84. The first-order valence-electron chi connectivity index (χ1n) is 8.71. The van der Waals surface area contributed by atoms with E-state index >= 15 is 0 Å². The number of hydrazine groups is 1. The first kappa shape index (κ1) is 18.8. The van der Waals surface area contributed by atoms with Crippen molar-refractivity contribution >= 4 is 33.9 Å². The molecular weight excluding hydrogens is 394 g/mol. The Morgan fingerprint density at radius 1 is 1.28 bits per heavy atom. The molecule has 3 aromatic rings. The zero-order valence-electron chi connectivity index (χ0n) is 15.5. The fourth-order valence-corrected chi connectivity index (χ4v) is 3.09. The molecule has 0 unspecified atom stereocenters. The molecule has 1 aliphatic heterocycles. The highest BCUT2D eigenvalue weighted by Crippen LogP contribution is 2.34. The van der Waals surface area contributed by atoms with Crippen LogP contribution in [0.25, 0.3) is 10.9 Å². The molecule has 2 aromatic carbocycles. The standard InChI is InChI=1S/C19H19N5O4S/c1-26-17-8-15-16(20-11-21-19(15)22-24-5-6-27-12-24)9-18(17)28-10-13-3-2-4-14(7-13)23-29-25/h2-9,11H,10,12,29H2,1H3,(H,20,21,22). The summed E-state index contributed by atoms with van der Waals surface area (Å²) in [5, 5.41) is 2.55. The van der Waals surface area contributed by atoms with E-state index in [1.165, 1.54) is 6.33 Å². The van der Waals surface area contributed by atoms with Gasteiger partial charge in [0.15, 0.2) is 24.0 Å². The normalized spacial score (nSPS) is 13.1. The van der Waals surface area contributed by atoms with Gasteiger partial charge in [0.2, 0.25) is 0 Å². The number of ether oxygens (including phenoxy) is 3. The maximum Gasteiger partial charge on any atom is 0.178 e. The van der Waals surface area contributed by atoms with Gasteiger partial charge in [0.1, 0.15) is 19.2 Å². The van der Waals surface area contributed by atoms with Gasteiger partial charge < -0.3 is 14.2 Å². The third kappa shape index (κ3) is 4.32. The van der Waals surface area contributed by atoms with Crippen molar-refractivity contribution in [2.24, 2.45) is 4.36 Å². The summed E-state index contributed by atoms with van der Waals surface area (Å²) in [6, 6.07) is 11.0. The van der Waals surface area contributed by atoms with Crippen molar-refractivity contribution in [1.82, 2.24) is 15.0 Å². The van der Waals surface area contributed by atoms with E-state index in [9.17, 15) is 4.21 Å². The molecule has 0 radical (unpaired) electrons. The number of methoxy groups -OCH3 is 1. The Hall–Kier alpha value is -3.53. The Balaban J connectivity index is 1.60. The van der Waals surface area contributed by atoms with E-state index < -0.39 is 11.5 Å². The summed E-state index contributed by atoms with van der Waals surface area (Å²) in [4.78, 5) is 8.65. The van der Waals surface area contributed by atoms with Gasteiger partial charge in [-0.3, -0.25) is 14.6 Å². The minimum atomic E-state index is -0.728. The predicted octanol–water partition coefficient (Wildman–Crippen LogP) is 2.80. The van der Waals surface area contributed by atoms with Gasteiger partial charge in [-0.2, -0.15) is 0 Å². The van der Waals surface area contributed by atoms with Gasteiger partial charge in [-0.05, 0) is 23.8 Å². The van der Waals surface area contributed by atoms with Crippen molar-refractivity contribution in [2.45, 2.75) is 6.61 Å². The molecule has 4 rings (SSSR count). The van der Waals surface area contributed by atoms with Gasteiger partial charge in [0.25, 0.3) is 0 Å². The first-order valence-corrected chi connectivity index (χ1v) is 9.56. The Bertz CT molecular complexity index is 1120. The van der Waals surface area contributed by atoms with Crippen LogP contribution in [0.1, 0.15) is 5.56 Å². The monoisotopic (exact) mass is 413 g/mol. The van der Waals surface area contributed by atoms with Crippen molar-refractivity contribution in [3.05, 3.63) is 60.8 Å². The van der Waals surface area contributed by atoms with Crippen LogP contribution >= 0.6 is 0 Å². The minimum Gasteiger partial charge on any atom is -0.493 e. The second kappa shape index (κ2) is 8.65. The van der Waals surface area contributed by atoms with Crippen LogP contribution in [0, 0.1) is 0 Å². The van der Waals surface area contributed by atoms with E-state index in [1.807, 2.05) is 30.3 Å². The van der Waals surface area contributed by atoms with E-state index in [0.29, 0.717) is 41.9 Å². The number of fused-ring (bicyclic) bond motifs is 1. The SMILES string of the molecule is COc1cc2c(NN3C=COC3)ncnc2cc1OCc1cccc(N=[SH2]=O)c1. The largest absolute Gasteiger partial charge is 0.493 e. The van der Waals surface area contributed by atoms with Crippen LogP contribution in [0.2, 0.25) is 0 Å². The topological polar surface area (TPSA) is 98.2 Å². The molecule has 150 valence electrons. The molecule has 0 fully saturated rings. The van der Waals surface area contributed by atoms with E-state index in [4.69, 9.17) is 14.2 Å². The molecule has 2 heterocycles. The number of benzene rings is 2. The van der Waals surface area contributed by atoms with Crippen LogP contribution in [0.15, 0.2) is 59.6 Å². The predicted molar refractivity (Wildman–Crippen MR) is 110 cm³/mol. The second-order valence-corrected chi connectivity index (χ2v) is 6.47. The molecule has 0 saturated carbocycles. The molecule has 0 atom stereocenters. The molecule has 9 nitrogen and oxygen atoms in total. The van der Waals surface area contributed by atoms with Gasteiger partial charge in [-0.1, -0.05) is 12.1 Å². The van der Waals surface area contributed by atoms with Crippen LogP contribution in [-0.2, 0) is 22.8 Å². The van der Waals surface area contributed by atoms with Gasteiger partial charge in [0.05, 0.1) is 24.5 Å². The van der Waals surface area contributed by atoms with E-state index in [0.717, 1.165) is 10.9 Å². The number of nitrogens with one attached hydrogen (secondary N) is 1. The highest BCUT2D eigenvalue weighted by Gasteiger charge is 2.14. The molecule has 1 aliphatic rings.